The predicted molar refractivity (Wildman–Crippen MR) is 97.1 cm³/mol. The van der Waals surface area contributed by atoms with Crippen LogP contribution in [-0.4, -0.2) is 39.5 Å². The largest absolute Gasteiger partial charge is 0.508 e. The number of methoxy groups -OCH3 is 1. The molecule has 0 saturated carbocycles. The molecule has 3 atom stereocenters. The topological polar surface area (TPSA) is 96.1 Å². The molecule has 0 aliphatic rings. The number of hydroxylamine groups is 2. The highest BCUT2D eigenvalue weighted by atomic mass is 16.6. The van der Waals surface area contributed by atoms with E-state index < -0.39 is 17.0 Å². The van der Waals surface area contributed by atoms with Crippen molar-refractivity contribution in [2.75, 3.05) is 7.11 Å². The van der Waals surface area contributed by atoms with Gasteiger partial charge in [0.2, 0.25) is 6.04 Å². The maximum atomic E-state index is 11.3. The summed E-state index contributed by atoms with van der Waals surface area (Å²) in [6, 6.07) is 11.3. The third kappa shape index (κ3) is 4.71. The number of hydrogen-bond acceptors (Lipinski definition) is 6. The van der Waals surface area contributed by atoms with E-state index in [1.165, 1.54) is 19.1 Å². The Morgan fingerprint density at radius 3 is 2.19 bits per heavy atom. The Morgan fingerprint density at radius 2 is 1.69 bits per heavy atom. The standard InChI is InChI=1S/C19H24N2O5/c1-13(12-15-4-10-18(26-3)11-5-15)20(23)19(14(2)21(24)25)16-6-8-17(22)9-7-16/h4-11,13-14,19,22-23H,12H2,1-3H3. The van der Waals surface area contributed by atoms with E-state index in [1.54, 1.807) is 19.2 Å². The molecule has 0 amide bonds. The number of nitrogens with zero attached hydrogens (tertiary/aromatic N) is 2. The number of benzene rings is 2. The molecule has 26 heavy (non-hydrogen) atoms. The fourth-order valence-electron chi connectivity index (χ4n) is 2.91. The average Bonchev–Trinajstić information content (AvgIpc) is 2.63. The molecule has 140 valence electrons. The van der Waals surface area contributed by atoms with E-state index in [2.05, 4.69) is 0 Å². The monoisotopic (exact) mass is 360 g/mol. The van der Waals surface area contributed by atoms with Gasteiger partial charge in [-0.05, 0) is 48.7 Å². The maximum absolute atomic E-state index is 11.3. The van der Waals surface area contributed by atoms with Crippen molar-refractivity contribution in [3.05, 3.63) is 69.8 Å². The van der Waals surface area contributed by atoms with Gasteiger partial charge in [0.1, 0.15) is 17.5 Å². The summed E-state index contributed by atoms with van der Waals surface area (Å²) in [5.41, 5.74) is 1.55. The molecule has 7 nitrogen and oxygen atoms in total. The molecule has 2 aromatic carbocycles. The summed E-state index contributed by atoms with van der Waals surface area (Å²) < 4.78 is 5.13. The van der Waals surface area contributed by atoms with Gasteiger partial charge in [-0.25, -0.2) is 0 Å². The molecule has 0 fully saturated rings. The highest BCUT2D eigenvalue weighted by molar-refractivity contribution is 5.29. The number of phenolic OH excluding ortho intramolecular Hbond substituents is 1. The fourth-order valence-corrected chi connectivity index (χ4v) is 2.91. The number of nitro groups is 1. The molecular formula is C19H24N2O5. The quantitative estimate of drug-likeness (QED) is 0.553. The Morgan fingerprint density at radius 1 is 1.12 bits per heavy atom. The van der Waals surface area contributed by atoms with Crippen molar-refractivity contribution < 1.29 is 20.0 Å². The second-order valence-electron chi connectivity index (χ2n) is 6.34. The minimum Gasteiger partial charge on any atom is -0.508 e. The fraction of sp³-hybridized carbons (Fsp3) is 0.368. The van der Waals surface area contributed by atoms with E-state index in [0.29, 0.717) is 12.0 Å². The zero-order valence-electron chi connectivity index (χ0n) is 15.1. The van der Waals surface area contributed by atoms with Gasteiger partial charge in [-0.2, -0.15) is 5.06 Å². The van der Waals surface area contributed by atoms with Crippen LogP contribution >= 0.6 is 0 Å². The van der Waals surface area contributed by atoms with Crippen LogP contribution in [0.3, 0.4) is 0 Å². The molecule has 0 bridgehead atoms. The molecule has 3 unspecified atom stereocenters. The van der Waals surface area contributed by atoms with Gasteiger partial charge in [0.15, 0.2) is 0 Å². The first-order valence-electron chi connectivity index (χ1n) is 8.36. The predicted octanol–water partition coefficient (Wildman–Crippen LogP) is 3.43. The molecule has 0 spiro atoms. The molecule has 2 N–H and O–H groups in total. The molecule has 0 saturated heterocycles. The first kappa shape index (κ1) is 19.7. The first-order chi connectivity index (χ1) is 12.3. The lowest BCUT2D eigenvalue weighted by atomic mass is 9.97. The van der Waals surface area contributed by atoms with Gasteiger partial charge in [-0.3, -0.25) is 10.1 Å². The van der Waals surface area contributed by atoms with Crippen LogP contribution in [0.2, 0.25) is 0 Å². The van der Waals surface area contributed by atoms with Crippen LogP contribution in [0, 0.1) is 10.1 Å². The van der Waals surface area contributed by atoms with E-state index in [4.69, 9.17) is 4.74 Å². The molecule has 0 aromatic heterocycles. The molecule has 2 aromatic rings. The SMILES string of the molecule is COc1ccc(CC(C)N(O)C(c2ccc(O)cc2)C(C)[N+](=O)[O-])cc1. The van der Waals surface area contributed by atoms with E-state index in [-0.39, 0.29) is 11.8 Å². The Hall–Kier alpha value is -2.64. The average molecular weight is 360 g/mol. The third-order valence-corrected chi connectivity index (χ3v) is 4.45. The highest BCUT2D eigenvalue weighted by Gasteiger charge is 2.35. The molecule has 0 aliphatic heterocycles. The second-order valence-corrected chi connectivity index (χ2v) is 6.34. The minimum absolute atomic E-state index is 0.0667. The van der Waals surface area contributed by atoms with Gasteiger partial charge in [0, 0.05) is 17.9 Å². The van der Waals surface area contributed by atoms with Crippen molar-refractivity contribution in [3.8, 4) is 11.5 Å². The zero-order chi connectivity index (χ0) is 19.3. The highest BCUT2D eigenvalue weighted by Crippen LogP contribution is 2.29. The lowest BCUT2D eigenvalue weighted by Gasteiger charge is -2.31. The van der Waals surface area contributed by atoms with Gasteiger partial charge in [-0.15, -0.1) is 0 Å². The van der Waals surface area contributed by atoms with Gasteiger partial charge in [-0.1, -0.05) is 24.3 Å². The summed E-state index contributed by atoms with van der Waals surface area (Å²) in [7, 11) is 1.59. The zero-order valence-corrected chi connectivity index (χ0v) is 15.1. The van der Waals surface area contributed by atoms with Crippen LogP contribution in [0.5, 0.6) is 11.5 Å². The minimum atomic E-state index is -1.03. The summed E-state index contributed by atoms with van der Waals surface area (Å²) in [4.78, 5) is 10.9. The van der Waals surface area contributed by atoms with Crippen LogP contribution < -0.4 is 4.74 Å². The van der Waals surface area contributed by atoms with E-state index in [0.717, 1.165) is 16.4 Å². The van der Waals surface area contributed by atoms with Crippen molar-refractivity contribution in [3.63, 3.8) is 0 Å². The summed E-state index contributed by atoms with van der Waals surface area (Å²) in [6.45, 7) is 3.27. The number of ether oxygens (including phenoxy) is 1. The summed E-state index contributed by atoms with van der Waals surface area (Å²) in [5.74, 6) is 0.809. The van der Waals surface area contributed by atoms with Crippen LogP contribution in [0.1, 0.15) is 31.0 Å². The van der Waals surface area contributed by atoms with Gasteiger partial charge >= 0.3 is 0 Å². The van der Waals surface area contributed by atoms with Crippen molar-refractivity contribution >= 4 is 0 Å². The lowest BCUT2D eigenvalue weighted by Crippen LogP contribution is -2.42. The normalized spacial score (nSPS) is 14.7. The number of aromatic hydroxyl groups is 1. The summed E-state index contributed by atoms with van der Waals surface area (Å²) in [6.07, 6.45) is 0.513. The van der Waals surface area contributed by atoms with E-state index in [1.807, 2.05) is 31.2 Å². The van der Waals surface area contributed by atoms with Crippen LogP contribution in [0.4, 0.5) is 0 Å². The number of phenols is 1. The van der Waals surface area contributed by atoms with E-state index >= 15 is 0 Å². The molecule has 0 aliphatic carbocycles. The van der Waals surface area contributed by atoms with Gasteiger partial charge in [0.25, 0.3) is 0 Å². The Bertz CT molecular complexity index is 718. The van der Waals surface area contributed by atoms with Crippen molar-refractivity contribution in [2.45, 2.75) is 38.4 Å². The molecule has 0 radical (unpaired) electrons. The van der Waals surface area contributed by atoms with Gasteiger partial charge < -0.3 is 15.1 Å². The summed E-state index contributed by atoms with van der Waals surface area (Å²) >= 11 is 0. The number of rotatable bonds is 8. The van der Waals surface area contributed by atoms with Crippen molar-refractivity contribution in [1.82, 2.24) is 5.06 Å². The summed E-state index contributed by atoms with van der Waals surface area (Å²) in [5, 5.41) is 32.5. The van der Waals surface area contributed by atoms with Crippen LogP contribution in [0.15, 0.2) is 48.5 Å². The number of hydrogen-bond donors (Lipinski definition) is 2. The van der Waals surface area contributed by atoms with E-state index in [9.17, 15) is 20.4 Å². The second kappa shape index (κ2) is 8.64. The lowest BCUT2D eigenvalue weighted by molar-refractivity contribution is -0.533. The molecule has 0 heterocycles. The Labute approximate surface area is 152 Å². The first-order valence-corrected chi connectivity index (χ1v) is 8.36. The van der Waals surface area contributed by atoms with Crippen molar-refractivity contribution in [1.29, 1.82) is 0 Å². The third-order valence-electron chi connectivity index (χ3n) is 4.45. The smallest absolute Gasteiger partial charge is 0.232 e. The van der Waals surface area contributed by atoms with Gasteiger partial charge in [0.05, 0.1) is 7.11 Å². The van der Waals surface area contributed by atoms with Crippen LogP contribution in [0.25, 0.3) is 0 Å². The molecular weight excluding hydrogens is 336 g/mol. The maximum Gasteiger partial charge on any atom is 0.232 e. The Balaban J connectivity index is 2.22. The molecule has 7 heteroatoms. The van der Waals surface area contributed by atoms with Crippen LogP contribution in [-0.2, 0) is 6.42 Å². The Kier molecular flexibility index (Phi) is 6.54. The van der Waals surface area contributed by atoms with Crippen molar-refractivity contribution in [2.24, 2.45) is 0 Å². The molecule has 2 rings (SSSR count).